The van der Waals surface area contributed by atoms with Crippen molar-refractivity contribution in [2.75, 3.05) is 7.11 Å². The monoisotopic (exact) mass is 260 g/mol. The number of hydrogen-bond acceptors (Lipinski definition) is 3. The van der Waals surface area contributed by atoms with Gasteiger partial charge in [0.05, 0.1) is 13.2 Å². The lowest BCUT2D eigenvalue weighted by Crippen LogP contribution is -2.23. The number of nitrogens with zero attached hydrogens (tertiary/aromatic N) is 1. The maximum atomic E-state index is 11.5. The van der Waals surface area contributed by atoms with Gasteiger partial charge in [-0.3, -0.25) is 4.79 Å². The molecule has 1 N–H and O–H groups in total. The van der Waals surface area contributed by atoms with E-state index in [0.29, 0.717) is 6.54 Å². The SMILES string of the molecule is COc1c(C)c(C)cc(C)c1CNC(=O)CCC#N. The van der Waals surface area contributed by atoms with Crippen LogP contribution >= 0.6 is 0 Å². The van der Waals surface area contributed by atoms with Gasteiger partial charge in [-0.25, -0.2) is 0 Å². The molecule has 4 nitrogen and oxygen atoms in total. The Morgan fingerprint density at radius 3 is 2.63 bits per heavy atom. The molecule has 1 aromatic carbocycles. The molecule has 4 heteroatoms. The summed E-state index contributed by atoms with van der Waals surface area (Å²) in [7, 11) is 1.64. The predicted octanol–water partition coefficient (Wildman–Crippen LogP) is 2.54. The zero-order valence-corrected chi connectivity index (χ0v) is 12.0. The standard InChI is InChI=1S/C15H20N2O2/c1-10-8-11(2)13(15(19-4)12(10)3)9-17-14(18)6-5-7-16/h8H,5-6,9H2,1-4H3,(H,17,18). The van der Waals surface area contributed by atoms with Crippen LogP contribution in [-0.2, 0) is 11.3 Å². The molecule has 0 unspecified atom stereocenters. The molecule has 102 valence electrons. The van der Waals surface area contributed by atoms with E-state index in [2.05, 4.69) is 11.4 Å². The second-order valence-electron chi connectivity index (χ2n) is 4.58. The topological polar surface area (TPSA) is 62.1 Å². The van der Waals surface area contributed by atoms with Crippen molar-refractivity contribution in [3.8, 4) is 11.8 Å². The number of amides is 1. The minimum atomic E-state index is -0.110. The Kier molecular flexibility index (Phi) is 5.37. The predicted molar refractivity (Wildman–Crippen MR) is 73.9 cm³/mol. The van der Waals surface area contributed by atoms with Gasteiger partial charge < -0.3 is 10.1 Å². The highest BCUT2D eigenvalue weighted by atomic mass is 16.5. The summed E-state index contributed by atoms with van der Waals surface area (Å²) in [6, 6.07) is 4.05. The number of benzene rings is 1. The van der Waals surface area contributed by atoms with Gasteiger partial charge in [-0.1, -0.05) is 6.07 Å². The van der Waals surface area contributed by atoms with Crippen LogP contribution in [0.5, 0.6) is 5.75 Å². The fraction of sp³-hybridized carbons (Fsp3) is 0.467. The molecule has 0 radical (unpaired) electrons. The van der Waals surface area contributed by atoms with Crippen LogP contribution in [0.4, 0.5) is 0 Å². The highest BCUT2D eigenvalue weighted by molar-refractivity contribution is 5.76. The minimum absolute atomic E-state index is 0.110. The van der Waals surface area contributed by atoms with Gasteiger partial charge in [0.25, 0.3) is 0 Å². The van der Waals surface area contributed by atoms with Crippen LogP contribution in [0.15, 0.2) is 6.07 Å². The van der Waals surface area contributed by atoms with E-state index in [1.807, 2.05) is 26.8 Å². The van der Waals surface area contributed by atoms with Gasteiger partial charge in [0, 0.05) is 24.9 Å². The van der Waals surface area contributed by atoms with Crippen LogP contribution < -0.4 is 10.1 Å². The third kappa shape index (κ3) is 3.72. The Balaban J connectivity index is 2.87. The number of rotatable bonds is 5. The average Bonchev–Trinajstić information content (AvgIpc) is 2.38. The smallest absolute Gasteiger partial charge is 0.221 e. The number of carbonyl (C=O) groups is 1. The second kappa shape index (κ2) is 6.79. The fourth-order valence-corrected chi connectivity index (χ4v) is 2.05. The van der Waals surface area contributed by atoms with Crippen LogP contribution in [0.1, 0.15) is 35.1 Å². The Morgan fingerprint density at radius 2 is 2.05 bits per heavy atom. The van der Waals surface area contributed by atoms with Gasteiger partial charge >= 0.3 is 0 Å². The Bertz CT molecular complexity index is 516. The van der Waals surface area contributed by atoms with Crippen molar-refractivity contribution in [1.29, 1.82) is 5.26 Å². The fourth-order valence-electron chi connectivity index (χ4n) is 2.05. The number of nitrogens with one attached hydrogen (secondary N) is 1. The zero-order valence-electron chi connectivity index (χ0n) is 12.0. The highest BCUT2D eigenvalue weighted by Gasteiger charge is 2.13. The van der Waals surface area contributed by atoms with Gasteiger partial charge in [-0.2, -0.15) is 5.26 Å². The number of ether oxygens (including phenoxy) is 1. The normalized spacial score (nSPS) is 9.84. The lowest BCUT2D eigenvalue weighted by atomic mass is 9.99. The third-order valence-electron chi connectivity index (χ3n) is 3.25. The zero-order chi connectivity index (χ0) is 14.4. The second-order valence-corrected chi connectivity index (χ2v) is 4.58. The van der Waals surface area contributed by atoms with Crippen molar-refractivity contribution >= 4 is 5.91 Å². The molecule has 0 saturated heterocycles. The van der Waals surface area contributed by atoms with E-state index < -0.39 is 0 Å². The van der Waals surface area contributed by atoms with Gasteiger partial charge in [0.2, 0.25) is 5.91 Å². The molecule has 1 rings (SSSR count). The van der Waals surface area contributed by atoms with Crippen LogP contribution in [0.25, 0.3) is 0 Å². The highest BCUT2D eigenvalue weighted by Crippen LogP contribution is 2.29. The lowest BCUT2D eigenvalue weighted by Gasteiger charge is -2.17. The number of hydrogen-bond donors (Lipinski definition) is 1. The van der Waals surface area contributed by atoms with Crippen molar-refractivity contribution < 1.29 is 9.53 Å². The van der Waals surface area contributed by atoms with Crippen molar-refractivity contribution in [3.05, 3.63) is 28.3 Å². The quantitative estimate of drug-likeness (QED) is 0.885. The molecular weight excluding hydrogens is 240 g/mol. The average molecular weight is 260 g/mol. The molecule has 0 atom stereocenters. The molecule has 0 saturated carbocycles. The van der Waals surface area contributed by atoms with E-state index in [0.717, 1.165) is 22.4 Å². The number of methoxy groups -OCH3 is 1. The summed E-state index contributed by atoms with van der Waals surface area (Å²) in [5.41, 5.74) is 4.36. The summed E-state index contributed by atoms with van der Waals surface area (Å²) in [5, 5.41) is 11.3. The van der Waals surface area contributed by atoms with Gasteiger partial charge in [-0.05, 0) is 37.5 Å². The molecule has 0 aliphatic heterocycles. The minimum Gasteiger partial charge on any atom is -0.496 e. The number of nitriles is 1. The summed E-state index contributed by atoms with van der Waals surface area (Å²) >= 11 is 0. The Morgan fingerprint density at radius 1 is 1.37 bits per heavy atom. The third-order valence-corrected chi connectivity index (χ3v) is 3.25. The van der Waals surface area contributed by atoms with Gasteiger partial charge in [-0.15, -0.1) is 0 Å². The van der Waals surface area contributed by atoms with Crippen molar-refractivity contribution in [3.63, 3.8) is 0 Å². The molecule has 19 heavy (non-hydrogen) atoms. The molecule has 0 fully saturated rings. The summed E-state index contributed by atoms with van der Waals surface area (Å²) in [4.78, 5) is 11.5. The van der Waals surface area contributed by atoms with Crippen LogP contribution in [0, 0.1) is 32.1 Å². The first-order valence-electron chi connectivity index (χ1n) is 6.28. The van der Waals surface area contributed by atoms with Crippen molar-refractivity contribution in [2.45, 2.75) is 40.2 Å². The van der Waals surface area contributed by atoms with Gasteiger partial charge in [0.1, 0.15) is 5.75 Å². The molecule has 0 heterocycles. The van der Waals surface area contributed by atoms with Crippen LogP contribution in [0.2, 0.25) is 0 Å². The molecule has 0 aliphatic rings. The molecule has 0 bridgehead atoms. The first-order valence-corrected chi connectivity index (χ1v) is 6.28. The largest absolute Gasteiger partial charge is 0.496 e. The summed E-state index contributed by atoms with van der Waals surface area (Å²) < 4.78 is 5.45. The first kappa shape index (κ1) is 15.0. The molecule has 1 amide bonds. The molecular formula is C15H20N2O2. The van der Waals surface area contributed by atoms with Gasteiger partial charge in [0.15, 0.2) is 0 Å². The number of carbonyl (C=O) groups excluding carboxylic acids is 1. The Labute approximate surface area is 114 Å². The van der Waals surface area contributed by atoms with E-state index >= 15 is 0 Å². The lowest BCUT2D eigenvalue weighted by molar-refractivity contribution is -0.121. The van der Waals surface area contributed by atoms with Crippen molar-refractivity contribution in [2.24, 2.45) is 0 Å². The molecule has 1 aromatic rings. The number of aryl methyl sites for hydroxylation is 2. The van der Waals surface area contributed by atoms with E-state index in [1.165, 1.54) is 5.56 Å². The Hall–Kier alpha value is -2.02. The summed E-state index contributed by atoms with van der Waals surface area (Å²) in [5.74, 6) is 0.722. The first-order chi connectivity index (χ1) is 9.01. The maximum Gasteiger partial charge on any atom is 0.221 e. The summed E-state index contributed by atoms with van der Waals surface area (Å²) in [6.45, 7) is 6.49. The van der Waals surface area contributed by atoms with E-state index in [4.69, 9.17) is 10.00 Å². The molecule has 0 aromatic heterocycles. The maximum absolute atomic E-state index is 11.5. The van der Waals surface area contributed by atoms with E-state index in [-0.39, 0.29) is 18.7 Å². The van der Waals surface area contributed by atoms with Crippen LogP contribution in [-0.4, -0.2) is 13.0 Å². The molecule has 0 aliphatic carbocycles. The van der Waals surface area contributed by atoms with Crippen molar-refractivity contribution in [1.82, 2.24) is 5.32 Å². The molecule has 0 spiro atoms. The summed E-state index contributed by atoms with van der Waals surface area (Å²) in [6.07, 6.45) is 0.484. The van der Waals surface area contributed by atoms with E-state index in [9.17, 15) is 4.79 Å². The van der Waals surface area contributed by atoms with Crippen LogP contribution in [0.3, 0.4) is 0 Å². The van der Waals surface area contributed by atoms with E-state index in [1.54, 1.807) is 7.11 Å².